The van der Waals surface area contributed by atoms with E-state index in [0.717, 1.165) is 124 Å². The molecule has 466 valence electrons. The number of rotatable bonds is 63. The van der Waals surface area contributed by atoms with E-state index in [-0.39, 0.29) is 17.7 Å². The monoisotopic (exact) mass is 1100 g/mol. The third-order valence-corrected chi connectivity index (χ3v) is 16.1. The Morgan fingerprint density at radius 1 is 0.244 bits per heavy atom. The van der Waals surface area contributed by atoms with Crippen molar-refractivity contribution in [3.8, 4) is 0 Å². The molecule has 0 aliphatic carbocycles. The molecular formula is C68H141N7O3. The van der Waals surface area contributed by atoms with E-state index in [9.17, 15) is 14.4 Å². The van der Waals surface area contributed by atoms with Crippen LogP contribution >= 0.6 is 0 Å². The minimum atomic E-state index is 0.192. The highest BCUT2D eigenvalue weighted by Gasteiger charge is 2.11. The lowest BCUT2D eigenvalue weighted by Crippen LogP contribution is -2.35. The summed E-state index contributed by atoms with van der Waals surface area (Å²) in [4.78, 5) is 43.9. The van der Waals surface area contributed by atoms with Gasteiger partial charge in [0.25, 0.3) is 0 Å². The second-order valence-corrected chi connectivity index (χ2v) is 23.4. The van der Waals surface area contributed by atoms with Gasteiger partial charge >= 0.3 is 0 Å². The number of nitrogens with zero attached hydrogens (tertiary/aromatic N) is 3. The Bertz CT molecular complexity index is 1140. The molecule has 0 aromatic carbocycles. The van der Waals surface area contributed by atoms with Crippen LogP contribution in [0.5, 0.6) is 0 Å². The fourth-order valence-electron chi connectivity index (χ4n) is 10.6. The van der Waals surface area contributed by atoms with Crippen molar-refractivity contribution in [1.29, 1.82) is 0 Å². The van der Waals surface area contributed by atoms with E-state index >= 15 is 0 Å². The molecule has 10 nitrogen and oxygen atoms in total. The van der Waals surface area contributed by atoms with Gasteiger partial charge in [0, 0.05) is 58.5 Å². The Balaban J connectivity index is 0. The molecule has 3 amide bonds. The third kappa shape index (κ3) is 63.4. The molecule has 0 saturated heterocycles. The summed E-state index contributed by atoms with van der Waals surface area (Å²) in [5.74, 6) is 0.601. The molecule has 78 heavy (non-hydrogen) atoms. The van der Waals surface area contributed by atoms with E-state index in [0.29, 0.717) is 19.3 Å². The van der Waals surface area contributed by atoms with Crippen LogP contribution in [0.3, 0.4) is 0 Å². The Labute approximate surface area is 488 Å². The molecule has 0 atom stereocenters. The van der Waals surface area contributed by atoms with Gasteiger partial charge in [-0.15, -0.1) is 0 Å². The second-order valence-electron chi connectivity index (χ2n) is 23.4. The number of nitrogens with one attached hydrogen (secondary N) is 4. The van der Waals surface area contributed by atoms with Crippen molar-refractivity contribution >= 4 is 17.7 Å². The fraction of sp³-hybridized carbons (Fsp3) is 0.956. The van der Waals surface area contributed by atoms with E-state index in [1.54, 1.807) is 0 Å². The first-order valence-corrected chi connectivity index (χ1v) is 35.0. The van der Waals surface area contributed by atoms with Gasteiger partial charge in [0.05, 0.1) is 0 Å². The number of hydrogen-bond donors (Lipinski definition) is 4. The summed E-state index contributed by atoms with van der Waals surface area (Å²) >= 11 is 0. The van der Waals surface area contributed by atoms with Crippen LogP contribution in [-0.4, -0.2) is 124 Å². The molecule has 0 aliphatic rings. The number of hydrogen-bond acceptors (Lipinski definition) is 7. The summed E-state index contributed by atoms with van der Waals surface area (Å²) in [6.45, 7) is 28.7. The zero-order chi connectivity index (χ0) is 57.3. The van der Waals surface area contributed by atoms with Crippen LogP contribution in [0.15, 0.2) is 0 Å². The molecule has 0 rings (SSSR count). The molecule has 0 aromatic rings. The van der Waals surface area contributed by atoms with Gasteiger partial charge in [-0.25, -0.2) is 0 Å². The summed E-state index contributed by atoms with van der Waals surface area (Å²) in [6.07, 6.45) is 57.0. The first-order chi connectivity index (χ1) is 38.3. The number of carbonyl (C=O) groups excluding carboxylic acids is 3. The van der Waals surface area contributed by atoms with Crippen LogP contribution in [0, 0.1) is 0 Å². The maximum Gasteiger partial charge on any atom is 0.221 e. The molecule has 0 fully saturated rings. The number of carbonyl (C=O) groups is 3. The van der Waals surface area contributed by atoms with E-state index in [1.807, 2.05) is 0 Å². The maximum atomic E-state index is 12.4. The van der Waals surface area contributed by atoms with Gasteiger partial charge in [-0.1, -0.05) is 280 Å². The smallest absolute Gasteiger partial charge is 0.221 e. The molecule has 0 spiro atoms. The molecule has 0 aliphatic heterocycles. The van der Waals surface area contributed by atoms with Crippen molar-refractivity contribution in [3.63, 3.8) is 0 Å². The van der Waals surface area contributed by atoms with Crippen molar-refractivity contribution in [1.82, 2.24) is 36.0 Å². The van der Waals surface area contributed by atoms with Crippen molar-refractivity contribution in [2.45, 2.75) is 331 Å². The third-order valence-electron chi connectivity index (χ3n) is 16.1. The Morgan fingerprint density at radius 2 is 0.462 bits per heavy atom. The maximum absolute atomic E-state index is 12.4. The normalized spacial score (nSPS) is 11.5. The Hall–Kier alpha value is -1.75. The van der Waals surface area contributed by atoms with Gasteiger partial charge in [-0.05, 0) is 84.5 Å². The number of amides is 3. The van der Waals surface area contributed by atoms with Crippen molar-refractivity contribution in [2.24, 2.45) is 0 Å². The van der Waals surface area contributed by atoms with Crippen LogP contribution < -0.4 is 21.3 Å². The molecule has 10 heteroatoms. The lowest BCUT2D eigenvalue weighted by atomic mass is 10.0. The predicted molar refractivity (Wildman–Crippen MR) is 344 cm³/mol. The average Bonchev–Trinajstić information content (AvgIpc) is 3.44. The number of unbranched alkanes of at least 4 members (excludes halogenated alkanes) is 36. The lowest BCUT2D eigenvalue weighted by molar-refractivity contribution is -0.122. The first-order valence-electron chi connectivity index (χ1n) is 35.0. The molecule has 0 heterocycles. The van der Waals surface area contributed by atoms with Crippen LogP contribution in [0.2, 0.25) is 0 Å². The first kappa shape index (κ1) is 78.3. The van der Waals surface area contributed by atoms with Crippen LogP contribution in [0.4, 0.5) is 0 Å². The quantitative estimate of drug-likeness (QED) is 0.0449. The standard InChI is InChI=1S/C43H88N4O2.C25H53N3O/c1-5-9-11-13-15-17-19-21-23-25-27-29-31-36-44-42(48)34-40-46(7-3)38-33-39-47(8-4)41-35-43(49)45-37-32-30-28-26-24-22-20-18-16-14-12-10-6-2;1-4-7-8-9-10-11-12-13-14-15-16-17-18-22-27-25(29)20-24-28(6-3)23-19-21-26-5-2/h5-41H2,1-4H3,(H,44,48)(H,45,49);26H,4-24H2,1-3H3,(H,27,29). The zero-order valence-electron chi connectivity index (χ0n) is 54.1. The highest BCUT2D eigenvalue weighted by atomic mass is 16.2. The van der Waals surface area contributed by atoms with Crippen LogP contribution in [0.25, 0.3) is 0 Å². The van der Waals surface area contributed by atoms with Crippen molar-refractivity contribution in [3.05, 3.63) is 0 Å². The van der Waals surface area contributed by atoms with Gasteiger partial charge in [0.15, 0.2) is 0 Å². The topological polar surface area (TPSA) is 109 Å². The van der Waals surface area contributed by atoms with Gasteiger partial charge in [0.2, 0.25) is 17.7 Å². The van der Waals surface area contributed by atoms with Crippen LogP contribution in [-0.2, 0) is 14.4 Å². The second kappa shape index (κ2) is 67.8. The molecule has 0 radical (unpaired) electrons. The summed E-state index contributed by atoms with van der Waals surface area (Å²) in [7, 11) is 0. The van der Waals surface area contributed by atoms with Gasteiger partial charge < -0.3 is 36.0 Å². The minimum Gasteiger partial charge on any atom is -0.356 e. The van der Waals surface area contributed by atoms with E-state index in [1.165, 1.54) is 231 Å². The van der Waals surface area contributed by atoms with Gasteiger partial charge in [-0.3, -0.25) is 14.4 Å². The average molecular weight is 1100 g/mol. The van der Waals surface area contributed by atoms with Crippen molar-refractivity contribution < 1.29 is 14.4 Å². The predicted octanol–water partition coefficient (Wildman–Crippen LogP) is 17.1. The highest BCUT2D eigenvalue weighted by molar-refractivity contribution is 5.76. The fourth-order valence-corrected chi connectivity index (χ4v) is 10.6. The Kier molecular flexibility index (Phi) is 68.0. The molecular weight excluding hydrogens is 963 g/mol. The van der Waals surface area contributed by atoms with E-state index < -0.39 is 0 Å². The summed E-state index contributed by atoms with van der Waals surface area (Å²) < 4.78 is 0. The minimum absolute atomic E-state index is 0.192. The molecule has 0 unspecified atom stereocenters. The summed E-state index contributed by atoms with van der Waals surface area (Å²) in [5.41, 5.74) is 0. The largest absolute Gasteiger partial charge is 0.356 e. The molecule has 0 bridgehead atoms. The SMILES string of the molecule is CCCCCCCCCCCCCCCNC(=O)CCN(CC)CCCN(CC)CCC(=O)NCCCCCCCCCCCCCCC.CCCCCCCCCCCCCCCNC(=O)CCN(CC)CCCNCC. The lowest BCUT2D eigenvalue weighted by Gasteiger charge is -2.24. The van der Waals surface area contributed by atoms with E-state index in [2.05, 4.69) is 84.4 Å². The molecule has 0 saturated carbocycles. The molecule has 0 aromatic heterocycles. The Morgan fingerprint density at radius 3 is 0.679 bits per heavy atom. The summed E-state index contributed by atoms with van der Waals surface area (Å²) in [6, 6.07) is 0. The van der Waals surface area contributed by atoms with E-state index in [4.69, 9.17) is 0 Å². The van der Waals surface area contributed by atoms with Gasteiger partial charge in [-0.2, -0.15) is 0 Å². The molecule has 4 N–H and O–H groups in total. The highest BCUT2D eigenvalue weighted by Crippen LogP contribution is 2.15. The summed E-state index contributed by atoms with van der Waals surface area (Å²) in [5, 5.41) is 12.7. The van der Waals surface area contributed by atoms with Crippen molar-refractivity contribution in [2.75, 3.05) is 91.6 Å². The zero-order valence-corrected chi connectivity index (χ0v) is 54.1. The van der Waals surface area contributed by atoms with Crippen LogP contribution in [0.1, 0.15) is 331 Å². The van der Waals surface area contributed by atoms with Gasteiger partial charge in [0.1, 0.15) is 0 Å².